The van der Waals surface area contributed by atoms with Crippen LogP contribution in [-0.4, -0.2) is 37.8 Å². The van der Waals surface area contributed by atoms with Gasteiger partial charge >= 0.3 is 0 Å². The van der Waals surface area contributed by atoms with Gasteiger partial charge in [-0.3, -0.25) is 0 Å². The van der Waals surface area contributed by atoms with Crippen LogP contribution in [0.4, 0.5) is 5.69 Å². The molecule has 1 aromatic carbocycles. The molecule has 1 aromatic heterocycles. The first-order valence-corrected chi connectivity index (χ1v) is 8.82. The van der Waals surface area contributed by atoms with Crippen molar-refractivity contribution in [3.63, 3.8) is 0 Å². The Labute approximate surface area is 178 Å². The van der Waals surface area contributed by atoms with E-state index in [4.69, 9.17) is 13.9 Å². The first-order valence-electron chi connectivity index (χ1n) is 8.82. The number of hydrogen-bond donors (Lipinski definition) is 2. The van der Waals surface area contributed by atoms with E-state index >= 15 is 0 Å². The molecule has 150 valence electrons. The molecule has 0 radical (unpaired) electrons. The Bertz CT molecular complexity index is 699. The second-order valence-electron chi connectivity index (χ2n) is 5.79. The van der Waals surface area contributed by atoms with Gasteiger partial charge in [-0.05, 0) is 32.9 Å². The summed E-state index contributed by atoms with van der Waals surface area (Å²) in [6, 6.07) is 7.78. The smallest absolute Gasteiger partial charge is 0.216 e. The predicted octanol–water partition coefficient (Wildman–Crippen LogP) is 3.90. The van der Waals surface area contributed by atoms with E-state index in [0.29, 0.717) is 31.6 Å². The van der Waals surface area contributed by atoms with Gasteiger partial charge < -0.3 is 24.5 Å². The molecule has 0 aliphatic carbocycles. The van der Waals surface area contributed by atoms with Crippen LogP contribution >= 0.6 is 24.0 Å². The number of ether oxygens (including phenoxy) is 2. The first kappa shape index (κ1) is 23.2. The molecule has 0 saturated heterocycles. The zero-order chi connectivity index (χ0) is 18.8. The summed E-state index contributed by atoms with van der Waals surface area (Å²) in [4.78, 5) is 8.88. The Morgan fingerprint density at radius 3 is 2.74 bits per heavy atom. The zero-order valence-corrected chi connectivity index (χ0v) is 18.7. The van der Waals surface area contributed by atoms with E-state index in [1.54, 1.807) is 7.11 Å². The van der Waals surface area contributed by atoms with E-state index in [1.165, 1.54) is 0 Å². The molecule has 0 saturated carbocycles. The van der Waals surface area contributed by atoms with Gasteiger partial charge in [-0.1, -0.05) is 6.07 Å². The number of rotatable bonds is 9. The lowest BCUT2D eigenvalue weighted by molar-refractivity contribution is 0.172. The predicted molar refractivity (Wildman–Crippen MR) is 118 cm³/mol. The number of methoxy groups -OCH3 is 1. The Kier molecular flexibility index (Phi) is 10.8. The average molecular weight is 488 g/mol. The van der Waals surface area contributed by atoms with Crippen molar-refractivity contribution in [2.24, 2.45) is 4.99 Å². The molecule has 2 N–H and O–H groups in total. The lowest BCUT2D eigenvalue weighted by atomic mass is 10.3. The number of guanidine groups is 1. The third-order valence-electron chi connectivity index (χ3n) is 3.65. The highest BCUT2D eigenvalue weighted by Gasteiger charge is 2.06. The van der Waals surface area contributed by atoms with Gasteiger partial charge in [0.1, 0.15) is 18.1 Å². The molecule has 27 heavy (non-hydrogen) atoms. The lowest BCUT2D eigenvalue weighted by Crippen LogP contribution is -2.30. The van der Waals surface area contributed by atoms with Crippen LogP contribution in [0.2, 0.25) is 0 Å². The fraction of sp³-hybridized carbons (Fsp3) is 0.474. The number of benzene rings is 1. The maximum atomic E-state index is 5.73. The van der Waals surface area contributed by atoms with E-state index < -0.39 is 0 Å². The number of nitrogens with zero attached hydrogens (tertiary/aromatic N) is 2. The standard InChI is InChI=1S/C19H28N4O3.HI/c1-5-20-19(21-13-18-22-14(2)15(3)26-18)23-16-8-6-9-17(12-16)25-11-7-10-24-4;/h6,8-9,12H,5,7,10-11,13H2,1-4H3,(H2,20,21,23);1H. The highest BCUT2D eigenvalue weighted by atomic mass is 127. The number of nitrogens with one attached hydrogen (secondary N) is 2. The summed E-state index contributed by atoms with van der Waals surface area (Å²) in [5.74, 6) is 2.90. The number of hydrogen-bond acceptors (Lipinski definition) is 5. The Morgan fingerprint density at radius 2 is 2.07 bits per heavy atom. The van der Waals surface area contributed by atoms with Crippen molar-refractivity contribution in [2.45, 2.75) is 33.7 Å². The Morgan fingerprint density at radius 1 is 1.26 bits per heavy atom. The Balaban J connectivity index is 0.00000364. The number of halogens is 1. The van der Waals surface area contributed by atoms with Crippen LogP contribution in [0.25, 0.3) is 0 Å². The highest BCUT2D eigenvalue weighted by molar-refractivity contribution is 14.0. The third-order valence-corrected chi connectivity index (χ3v) is 3.65. The second kappa shape index (κ2) is 12.6. The number of aliphatic imine (C=N–C) groups is 1. The van der Waals surface area contributed by atoms with Crippen molar-refractivity contribution in [3.05, 3.63) is 41.6 Å². The zero-order valence-electron chi connectivity index (χ0n) is 16.4. The molecule has 0 aliphatic heterocycles. The van der Waals surface area contributed by atoms with Crippen molar-refractivity contribution in [3.8, 4) is 5.75 Å². The summed E-state index contributed by atoms with van der Waals surface area (Å²) in [5.41, 5.74) is 1.79. The van der Waals surface area contributed by atoms with E-state index in [9.17, 15) is 0 Å². The number of aromatic nitrogens is 1. The van der Waals surface area contributed by atoms with Gasteiger partial charge in [-0.25, -0.2) is 9.98 Å². The van der Waals surface area contributed by atoms with Crippen LogP contribution < -0.4 is 15.4 Å². The largest absolute Gasteiger partial charge is 0.493 e. The molecule has 2 aromatic rings. The van der Waals surface area contributed by atoms with Crippen LogP contribution in [-0.2, 0) is 11.3 Å². The van der Waals surface area contributed by atoms with Gasteiger partial charge in [0, 0.05) is 38.4 Å². The quantitative estimate of drug-likeness (QED) is 0.241. The van der Waals surface area contributed by atoms with Gasteiger partial charge in [0.05, 0.1) is 12.3 Å². The van der Waals surface area contributed by atoms with E-state index in [0.717, 1.165) is 35.9 Å². The van der Waals surface area contributed by atoms with Crippen molar-refractivity contribution in [1.29, 1.82) is 0 Å². The molecule has 0 spiro atoms. The minimum atomic E-state index is 0. The fourth-order valence-electron chi connectivity index (χ4n) is 2.25. The SMILES string of the molecule is CCNC(=NCc1nc(C)c(C)o1)Nc1cccc(OCCCOC)c1.I. The summed E-state index contributed by atoms with van der Waals surface area (Å²) in [7, 11) is 1.69. The monoisotopic (exact) mass is 488 g/mol. The molecule has 0 bridgehead atoms. The Hall–Kier alpha value is -1.81. The first-order chi connectivity index (χ1) is 12.6. The molecular formula is C19H29IN4O3. The topological polar surface area (TPSA) is 80.9 Å². The molecule has 1 heterocycles. The van der Waals surface area contributed by atoms with Crippen molar-refractivity contribution < 1.29 is 13.9 Å². The minimum Gasteiger partial charge on any atom is -0.493 e. The van der Waals surface area contributed by atoms with Gasteiger partial charge in [-0.2, -0.15) is 0 Å². The molecule has 0 fully saturated rings. The maximum absolute atomic E-state index is 5.73. The minimum absolute atomic E-state index is 0. The highest BCUT2D eigenvalue weighted by Crippen LogP contribution is 2.17. The normalized spacial score (nSPS) is 11.0. The summed E-state index contributed by atoms with van der Waals surface area (Å²) in [6.07, 6.45) is 0.854. The van der Waals surface area contributed by atoms with Crippen LogP contribution in [0.5, 0.6) is 5.75 Å². The fourth-order valence-corrected chi connectivity index (χ4v) is 2.25. The van der Waals surface area contributed by atoms with Gasteiger partial charge in [0.25, 0.3) is 0 Å². The molecule has 0 amide bonds. The second-order valence-corrected chi connectivity index (χ2v) is 5.79. The van der Waals surface area contributed by atoms with Crippen LogP contribution in [0, 0.1) is 13.8 Å². The number of aryl methyl sites for hydroxylation is 2. The molecular weight excluding hydrogens is 459 g/mol. The number of oxazole rings is 1. The van der Waals surface area contributed by atoms with Crippen LogP contribution in [0.3, 0.4) is 0 Å². The third kappa shape index (κ3) is 8.17. The lowest BCUT2D eigenvalue weighted by Gasteiger charge is -2.12. The summed E-state index contributed by atoms with van der Waals surface area (Å²) in [5, 5.41) is 6.49. The van der Waals surface area contributed by atoms with E-state index in [2.05, 4.69) is 20.6 Å². The van der Waals surface area contributed by atoms with Gasteiger partial charge in [-0.15, -0.1) is 24.0 Å². The summed E-state index contributed by atoms with van der Waals surface area (Å²) >= 11 is 0. The molecule has 2 rings (SSSR count). The molecule has 7 nitrogen and oxygen atoms in total. The van der Waals surface area contributed by atoms with Crippen molar-refractivity contribution in [1.82, 2.24) is 10.3 Å². The van der Waals surface area contributed by atoms with E-state index in [1.807, 2.05) is 45.0 Å². The summed E-state index contributed by atoms with van der Waals surface area (Å²) in [6.45, 7) is 8.28. The van der Waals surface area contributed by atoms with Crippen molar-refractivity contribution in [2.75, 3.05) is 32.2 Å². The van der Waals surface area contributed by atoms with E-state index in [-0.39, 0.29) is 24.0 Å². The molecule has 8 heteroatoms. The molecule has 0 atom stereocenters. The van der Waals surface area contributed by atoms with Gasteiger partial charge in [0.2, 0.25) is 5.89 Å². The van der Waals surface area contributed by atoms with Crippen LogP contribution in [0.15, 0.2) is 33.7 Å². The molecule has 0 unspecified atom stereocenters. The van der Waals surface area contributed by atoms with Crippen LogP contribution in [0.1, 0.15) is 30.7 Å². The average Bonchev–Trinajstić information content (AvgIpc) is 2.95. The maximum Gasteiger partial charge on any atom is 0.216 e. The summed E-state index contributed by atoms with van der Waals surface area (Å²) < 4.78 is 16.3. The number of anilines is 1. The molecule has 0 aliphatic rings. The van der Waals surface area contributed by atoms with Crippen molar-refractivity contribution >= 4 is 35.6 Å². The van der Waals surface area contributed by atoms with Gasteiger partial charge in [0.15, 0.2) is 5.96 Å².